The highest BCUT2D eigenvalue weighted by Gasteiger charge is 2.33. The molecule has 0 aromatic rings. The standard InChI is InChI=1S/C13H26ClNO2/c1-9(11(16)17-13(6,7)8)10(2)15(14)12(3,4)5/h9-10H,1-8H3. The number of carbonyl (C=O) groups excluding carboxylic acids is 1. The summed E-state index contributed by atoms with van der Waals surface area (Å²) >= 11 is 6.24. The zero-order chi connectivity index (χ0) is 14.0. The van der Waals surface area contributed by atoms with Crippen molar-refractivity contribution in [3.05, 3.63) is 0 Å². The van der Waals surface area contributed by atoms with E-state index in [1.807, 2.05) is 55.4 Å². The van der Waals surface area contributed by atoms with E-state index in [1.165, 1.54) is 0 Å². The van der Waals surface area contributed by atoms with Gasteiger partial charge in [-0.05, 0) is 60.2 Å². The van der Waals surface area contributed by atoms with Gasteiger partial charge in [-0.2, -0.15) is 0 Å². The molecule has 0 saturated heterocycles. The molecule has 0 aliphatic carbocycles. The Morgan fingerprint density at radius 1 is 1.12 bits per heavy atom. The molecule has 0 spiro atoms. The predicted octanol–water partition coefficient (Wildman–Crippen LogP) is 3.61. The third kappa shape index (κ3) is 5.73. The first-order valence-electron chi connectivity index (χ1n) is 6.04. The molecule has 0 heterocycles. The van der Waals surface area contributed by atoms with Crippen molar-refractivity contribution in [2.45, 2.75) is 72.6 Å². The lowest BCUT2D eigenvalue weighted by Gasteiger charge is -2.36. The normalized spacial score (nSPS) is 16.8. The zero-order valence-corrected chi connectivity index (χ0v) is 13.1. The average Bonchev–Trinajstić information content (AvgIpc) is 2.10. The van der Waals surface area contributed by atoms with Gasteiger partial charge in [-0.15, -0.1) is 0 Å². The minimum atomic E-state index is -0.454. The summed E-state index contributed by atoms with van der Waals surface area (Å²) in [6, 6.07) is -0.0773. The molecule has 102 valence electrons. The molecule has 17 heavy (non-hydrogen) atoms. The van der Waals surface area contributed by atoms with Gasteiger partial charge in [-0.3, -0.25) is 4.79 Å². The number of esters is 1. The average molecular weight is 264 g/mol. The molecule has 0 N–H and O–H groups in total. The van der Waals surface area contributed by atoms with Crippen molar-refractivity contribution in [1.82, 2.24) is 4.42 Å². The summed E-state index contributed by atoms with van der Waals surface area (Å²) < 4.78 is 7.04. The highest BCUT2D eigenvalue weighted by atomic mass is 35.5. The van der Waals surface area contributed by atoms with Gasteiger partial charge in [-0.25, -0.2) is 4.42 Å². The molecule has 0 fully saturated rings. The van der Waals surface area contributed by atoms with Crippen LogP contribution in [-0.2, 0) is 9.53 Å². The van der Waals surface area contributed by atoms with Crippen LogP contribution in [0.1, 0.15) is 55.4 Å². The molecule has 0 rings (SSSR count). The van der Waals surface area contributed by atoms with Gasteiger partial charge in [0.25, 0.3) is 0 Å². The van der Waals surface area contributed by atoms with Gasteiger partial charge < -0.3 is 4.74 Å². The topological polar surface area (TPSA) is 29.5 Å². The molecule has 0 aliphatic rings. The maximum Gasteiger partial charge on any atom is 0.310 e. The quantitative estimate of drug-likeness (QED) is 0.576. The molecule has 0 bridgehead atoms. The third-order valence-corrected chi connectivity index (χ3v) is 3.32. The van der Waals surface area contributed by atoms with Crippen LogP contribution < -0.4 is 0 Å². The van der Waals surface area contributed by atoms with E-state index in [1.54, 1.807) is 4.42 Å². The van der Waals surface area contributed by atoms with E-state index in [4.69, 9.17) is 16.5 Å². The van der Waals surface area contributed by atoms with E-state index < -0.39 is 5.60 Å². The summed E-state index contributed by atoms with van der Waals surface area (Å²) in [6.07, 6.45) is 0. The van der Waals surface area contributed by atoms with Crippen molar-refractivity contribution in [1.29, 1.82) is 0 Å². The molecule has 0 saturated carbocycles. The maximum atomic E-state index is 11.9. The molecule has 4 heteroatoms. The van der Waals surface area contributed by atoms with Crippen LogP contribution in [0.25, 0.3) is 0 Å². The number of nitrogens with zero attached hydrogens (tertiary/aromatic N) is 1. The molecular formula is C13H26ClNO2. The van der Waals surface area contributed by atoms with Crippen molar-refractivity contribution in [3.63, 3.8) is 0 Å². The Hall–Kier alpha value is -0.280. The van der Waals surface area contributed by atoms with Crippen LogP contribution in [0, 0.1) is 5.92 Å². The molecule has 2 atom stereocenters. The maximum absolute atomic E-state index is 11.9. The number of halogens is 1. The minimum Gasteiger partial charge on any atom is -0.460 e. The minimum absolute atomic E-state index is 0.0773. The Balaban J connectivity index is 4.61. The Morgan fingerprint density at radius 3 is 1.82 bits per heavy atom. The first-order chi connectivity index (χ1) is 7.36. The van der Waals surface area contributed by atoms with Gasteiger partial charge in [0.15, 0.2) is 0 Å². The van der Waals surface area contributed by atoms with Crippen LogP contribution in [0.5, 0.6) is 0 Å². The first-order valence-corrected chi connectivity index (χ1v) is 6.38. The fraction of sp³-hybridized carbons (Fsp3) is 0.923. The Bertz CT molecular complexity index is 266. The molecule has 0 aliphatic heterocycles. The van der Waals surface area contributed by atoms with Crippen molar-refractivity contribution in [2.75, 3.05) is 0 Å². The number of hydrogen-bond acceptors (Lipinski definition) is 3. The van der Waals surface area contributed by atoms with Crippen LogP contribution in [0.3, 0.4) is 0 Å². The van der Waals surface area contributed by atoms with Gasteiger partial charge in [0.2, 0.25) is 0 Å². The van der Waals surface area contributed by atoms with Crippen LogP contribution in [-0.4, -0.2) is 27.6 Å². The number of ether oxygens (including phenoxy) is 1. The fourth-order valence-electron chi connectivity index (χ4n) is 1.40. The number of rotatable bonds is 3. The lowest BCUT2D eigenvalue weighted by Crippen LogP contribution is -2.46. The Labute approximate surface area is 111 Å². The first kappa shape index (κ1) is 16.7. The molecule has 0 aromatic heterocycles. The van der Waals surface area contributed by atoms with Gasteiger partial charge >= 0.3 is 5.97 Å². The van der Waals surface area contributed by atoms with Crippen LogP contribution in [0.15, 0.2) is 0 Å². The Kier molecular flexibility index (Phi) is 5.48. The summed E-state index contributed by atoms with van der Waals surface area (Å²) in [5.74, 6) is -0.467. The van der Waals surface area contributed by atoms with E-state index in [0.717, 1.165) is 0 Å². The second-order valence-corrected chi connectivity index (χ2v) is 6.91. The molecule has 0 aromatic carbocycles. The smallest absolute Gasteiger partial charge is 0.310 e. The highest BCUT2D eigenvalue weighted by Crippen LogP contribution is 2.25. The second-order valence-electron chi connectivity index (χ2n) is 6.54. The van der Waals surface area contributed by atoms with Crippen molar-refractivity contribution in [3.8, 4) is 0 Å². The number of hydrogen-bond donors (Lipinski definition) is 0. The summed E-state index contributed by atoms with van der Waals surface area (Å²) in [6.45, 7) is 15.4. The second kappa shape index (κ2) is 5.57. The Morgan fingerprint density at radius 2 is 1.53 bits per heavy atom. The van der Waals surface area contributed by atoms with Gasteiger partial charge in [0, 0.05) is 11.6 Å². The molecule has 2 unspecified atom stereocenters. The van der Waals surface area contributed by atoms with E-state index in [2.05, 4.69) is 0 Å². The van der Waals surface area contributed by atoms with Crippen molar-refractivity contribution in [2.24, 2.45) is 5.92 Å². The van der Waals surface area contributed by atoms with E-state index >= 15 is 0 Å². The lowest BCUT2D eigenvalue weighted by molar-refractivity contribution is -0.161. The summed E-state index contributed by atoms with van der Waals surface area (Å²) in [4.78, 5) is 11.9. The van der Waals surface area contributed by atoms with Gasteiger partial charge in [0.05, 0.1) is 5.92 Å². The predicted molar refractivity (Wildman–Crippen MR) is 71.9 cm³/mol. The van der Waals surface area contributed by atoms with E-state index in [9.17, 15) is 4.79 Å². The van der Waals surface area contributed by atoms with Crippen LogP contribution in [0.2, 0.25) is 0 Å². The van der Waals surface area contributed by atoms with Crippen LogP contribution in [0.4, 0.5) is 0 Å². The fourth-order valence-corrected chi connectivity index (χ4v) is 1.57. The molecule has 0 radical (unpaired) electrons. The molecule has 0 amide bonds. The third-order valence-electron chi connectivity index (χ3n) is 2.50. The van der Waals surface area contributed by atoms with Crippen molar-refractivity contribution < 1.29 is 9.53 Å². The van der Waals surface area contributed by atoms with Crippen LogP contribution >= 0.6 is 11.8 Å². The lowest BCUT2D eigenvalue weighted by atomic mass is 9.99. The summed E-state index contributed by atoms with van der Waals surface area (Å²) in [5.41, 5.74) is -0.638. The van der Waals surface area contributed by atoms with Gasteiger partial charge in [0.1, 0.15) is 5.60 Å². The van der Waals surface area contributed by atoms with E-state index in [-0.39, 0.29) is 23.5 Å². The van der Waals surface area contributed by atoms with Crippen molar-refractivity contribution >= 4 is 17.7 Å². The highest BCUT2D eigenvalue weighted by molar-refractivity contribution is 6.14. The SMILES string of the molecule is CC(C(=O)OC(C)(C)C)C(C)N(Cl)C(C)(C)C. The molecule has 3 nitrogen and oxygen atoms in total. The number of carbonyl (C=O) groups is 1. The van der Waals surface area contributed by atoms with E-state index in [0.29, 0.717) is 0 Å². The summed E-state index contributed by atoms with van der Waals surface area (Å²) in [7, 11) is 0. The van der Waals surface area contributed by atoms with Gasteiger partial charge in [-0.1, -0.05) is 6.92 Å². The molecular weight excluding hydrogens is 238 g/mol. The summed E-state index contributed by atoms with van der Waals surface area (Å²) in [5, 5.41) is 0. The monoisotopic (exact) mass is 263 g/mol. The largest absolute Gasteiger partial charge is 0.460 e. The zero-order valence-electron chi connectivity index (χ0n) is 12.3.